The first kappa shape index (κ1) is 27.5. The highest BCUT2D eigenvalue weighted by Crippen LogP contribution is 2.36. The summed E-state index contributed by atoms with van der Waals surface area (Å²) in [6, 6.07) is 19.3. The van der Waals surface area contributed by atoms with Crippen molar-refractivity contribution in [3.05, 3.63) is 83.4 Å². The molecular formula is C31H41NO5. The number of aliphatic carboxylic acids is 1. The highest BCUT2D eigenvalue weighted by molar-refractivity contribution is 5.66. The number of hydrogen-bond donors (Lipinski definition) is 2. The third-order valence-electron chi connectivity index (χ3n) is 7.62. The Morgan fingerprint density at radius 1 is 0.973 bits per heavy atom. The predicted octanol–water partition coefficient (Wildman–Crippen LogP) is 4.64. The summed E-state index contributed by atoms with van der Waals surface area (Å²) >= 11 is 0. The minimum absolute atomic E-state index is 0.0238. The van der Waals surface area contributed by atoms with Gasteiger partial charge in [-0.15, -0.1) is 0 Å². The van der Waals surface area contributed by atoms with Crippen molar-refractivity contribution in [1.29, 1.82) is 0 Å². The molecular weight excluding hydrogens is 466 g/mol. The molecule has 2 aromatic rings. The lowest BCUT2D eigenvalue weighted by Crippen LogP contribution is -2.50. The fourth-order valence-corrected chi connectivity index (χ4v) is 5.61. The molecule has 0 unspecified atom stereocenters. The third kappa shape index (κ3) is 8.50. The molecule has 200 valence electrons. The normalized spacial score (nSPS) is 24.6. The van der Waals surface area contributed by atoms with Crippen molar-refractivity contribution in [2.24, 2.45) is 5.92 Å². The van der Waals surface area contributed by atoms with Crippen LogP contribution >= 0.6 is 0 Å². The summed E-state index contributed by atoms with van der Waals surface area (Å²) in [6.45, 7) is 3.59. The highest BCUT2D eigenvalue weighted by atomic mass is 16.5. The summed E-state index contributed by atoms with van der Waals surface area (Å²) in [6.07, 6.45) is 8.87. The molecule has 6 heteroatoms. The highest BCUT2D eigenvalue weighted by Gasteiger charge is 2.45. The summed E-state index contributed by atoms with van der Waals surface area (Å²) in [5, 5.41) is 19.9. The quantitative estimate of drug-likeness (QED) is 0.304. The van der Waals surface area contributed by atoms with E-state index in [2.05, 4.69) is 65.6 Å². The van der Waals surface area contributed by atoms with Crippen LogP contribution in [0, 0.1) is 5.92 Å². The lowest BCUT2D eigenvalue weighted by atomic mass is 9.94. The number of aliphatic hydroxyl groups is 1. The molecule has 2 fully saturated rings. The Balaban J connectivity index is 1.32. The number of hydrogen-bond acceptors (Lipinski definition) is 5. The first-order chi connectivity index (χ1) is 18.1. The smallest absolute Gasteiger partial charge is 0.303 e. The van der Waals surface area contributed by atoms with Gasteiger partial charge in [0, 0.05) is 37.9 Å². The van der Waals surface area contributed by atoms with Crippen molar-refractivity contribution in [2.45, 2.75) is 69.8 Å². The number of morpholine rings is 1. The lowest BCUT2D eigenvalue weighted by Gasteiger charge is -2.37. The number of allylic oxidation sites excluding steroid dienone is 2. The van der Waals surface area contributed by atoms with Crippen molar-refractivity contribution in [1.82, 2.24) is 4.90 Å². The number of nitrogens with zero attached hydrogens (tertiary/aromatic N) is 1. The van der Waals surface area contributed by atoms with Gasteiger partial charge in [0.25, 0.3) is 0 Å². The molecule has 1 saturated carbocycles. The molecule has 0 radical (unpaired) electrons. The predicted molar refractivity (Wildman–Crippen MR) is 144 cm³/mol. The summed E-state index contributed by atoms with van der Waals surface area (Å²) < 4.78 is 12.0. The molecule has 0 spiro atoms. The second-order valence-corrected chi connectivity index (χ2v) is 10.3. The number of aliphatic hydroxyl groups excluding tert-OH is 1. The van der Waals surface area contributed by atoms with E-state index in [9.17, 15) is 9.90 Å². The van der Waals surface area contributed by atoms with Crippen molar-refractivity contribution >= 4 is 5.97 Å². The minimum Gasteiger partial charge on any atom is -0.481 e. The van der Waals surface area contributed by atoms with Crippen molar-refractivity contribution < 1.29 is 24.5 Å². The molecule has 0 amide bonds. The van der Waals surface area contributed by atoms with Crippen LogP contribution in [0.5, 0.6) is 0 Å². The van der Waals surface area contributed by atoms with Crippen LogP contribution in [0.2, 0.25) is 0 Å². The second-order valence-electron chi connectivity index (χ2n) is 10.3. The van der Waals surface area contributed by atoms with Crippen LogP contribution in [0.3, 0.4) is 0 Å². The van der Waals surface area contributed by atoms with Crippen LogP contribution in [0.4, 0.5) is 0 Å². The fourth-order valence-electron chi connectivity index (χ4n) is 5.61. The van der Waals surface area contributed by atoms with E-state index < -0.39 is 12.1 Å². The Kier molecular flexibility index (Phi) is 10.7. The summed E-state index contributed by atoms with van der Waals surface area (Å²) in [4.78, 5) is 13.1. The molecule has 1 heterocycles. The molecule has 2 N–H and O–H groups in total. The fraction of sp³-hybridized carbons (Fsp3) is 0.516. The van der Waals surface area contributed by atoms with Crippen LogP contribution in [-0.4, -0.2) is 65.6 Å². The summed E-state index contributed by atoms with van der Waals surface area (Å²) in [5.74, 6) is -0.564. The van der Waals surface area contributed by atoms with Gasteiger partial charge in [0.15, 0.2) is 0 Å². The Hall–Kier alpha value is -2.51. The Morgan fingerprint density at radius 3 is 2.35 bits per heavy atom. The molecule has 1 saturated heterocycles. The van der Waals surface area contributed by atoms with E-state index in [4.69, 9.17) is 14.6 Å². The number of aryl methyl sites for hydroxylation is 2. The number of carboxylic acids is 1. The van der Waals surface area contributed by atoms with E-state index in [1.807, 2.05) is 6.07 Å². The van der Waals surface area contributed by atoms with E-state index in [1.54, 1.807) is 0 Å². The summed E-state index contributed by atoms with van der Waals surface area (Å²) in [7, 11) is 0. The van der Waals surface area contributed by atoms with Gasteiger partial charge in [-0.25, -0.2) is 0 Å². The van der Waals surface area contributed by atoms with Crippen LogP contribution < -0.4 is 0 Å². The first-order valence-electron chi connectivity index (χ1n) is 13.7. The largest absolute Gasteiger partial charge is 0.481 e. The van der Waals surface area contributed by atoms with Crippen LogP contribution in [0.15, 0.2) is 66.7 Å². The number of unbranched alkanes of at least 4 members (excludes halogenated alkanes) is 1. The average molecular weight is 508 g/mol. The number of ether oxygens (including phenoxy) is 2. The minimum atomic E-state index is -0.752. The van der Waals surface area contributed by atoms with E-state index in [1.165, 1.54) is 11.1 Å². The maximum Gasteiger partial charge on any atom is 0.303 e. The van der Waals surface area contributed by atoms with Crippen LogP contribution in [0.25, 0.3) is 0 Å². The molecule has 6 nitrogen and oxygen atoms in total. The van der Waals surface area contributed by atoms with Crippen LogP contribution in [0.1, 0.15) is 48.8 Å². The Morgan fingerprint density at radius 2 is 1.65 bits per heavy atom. The SMILES string of the molecule is O=C(O)CCCC=CC[C@@H]1[C@@H](N2CCOCC2)[C@H](O)C[C@@H]1OCc1ccc(CCc2ccccc2)cc1. The topological polar surface area (TPSA) is 79.2 Å². The van der Waals surface area contributed by atoms with Gasteiger partial charge in [0.05, 0.1) is 32.0 Å². The number of rotatable bonds is 13. The molecule has 4 atom stereocenters. The maximum absolute atomic E-state index is 11.0. The van der Waals surface area contributed by atoms with Gasteiger partial charge in [-0.05, 0) is 48.8 Å². The standard InChI is InChI=1S/C31H41NO5/c33-28-22-29(37-23-26-16-14-25(15-17-26)13-12-24-8-4-3-5-9-24)27(10-6-1-2-7-11-30(34)35)31(28)32-18-20-36-21-19-32/h1,3-6,8-9,14-17,27-29,31,33H,2,7,10-13,18-23H2,(H,34,35)/t27-,28+,29-,31+/m0/s1. The third-order valence-corrected chi connectivity index (χ3v) is 7.62. The zero-order valence-electron chi connectivity index (χ0n) is 21.7. The van der Waals surface area contributed by atoms with Gasteiger partial charge in [0.1, 0.15) is 0 Å². The molecule has 1 aliphatic carbocycles. The second kappa shape index (κ2) is 14.4. The van der Waals surface area contributed by atoms with Gasteiger partial charge >= 0.3 is 5.97 Å². The molecule has 37 heavy (non-hydrogen) atoms. The number of carbonyl (C=O) groups is 1. The van der Waals surface area contributed by atoms with E-state index in [-0.39, 0.29) is 24.5 Å². The van der Waals surface area contributed by atoms with Gasteiger partial charge in [-0.2, -0.15) is 0 Å². The zero-order chi connectivity index (χ0) is 25.9. The van der Waals surface area contributed by atoms with Gasteiger partial charge in [0.2, 0.25) is 0 Å². The van der Waals surface area contributed by atoms with E-state index >= 15 is 0 Å². The van der Waals surface area contributed by atoms with Gasteiger partial charge in [-0.1, -0.05) is 66.7 Å². The van der Waals surface area contributed by atoms with Crippen LogP contribution in [-0.2, 0) is 33.7 Å². The summed E-state index contributed by atoms with van der Waals surface area (Å²) in [5.41, 5.74) is 3.82. The molecule has 2 aromatic carbocycles. The molecule has 0 aromatic heterocycles. The Labute approximate surface area is 220 Å². The average Bonchev–Trinajstić information content (AvgIpc) is 3.24. The zero-order valence-corrected chi connectivity index (χ0v) is 21.7. The Bertz CT molecular complexity index is 971. The van der Waals surface area contributed by atoms with Crippen molar-refractivity contribution in [3.8, 4) is 0 Å². The molecule has 1 aliphatic heterocycles. The van der Waals surface area contributed by atoms with E-state index in [0.29, 0.717) is 32.7 Å². The molecule has 0 bridgehead atoms. The number of carboxylic acid groups (broad SMARTS) is 1. The van der Waals surface area contributed by atoms with Crippen molar-refractivity contribution in [2.75, 3.05) is 26.3 Å². The number of benzene rings is 2. The van der Waals surface area contributed by atoms with Crippen molar-refractivity contribution in [3.63, 3.8) is 0 Å². The van der Waals surface area contributed by atoms with Gasteiger partial charge in [-0.3, -0.25) is 9.69 Å². The molecule has 4 rings (SSSR count). The lowest BCUT2D eigenvalue weighted by molar-refractivity contribution is -0.137. The molecule has 2 aliphatic rings. The van der Waals surface area contributed by atoms with E-state index in [0.717, 1.165) is 44.3 Å². The monoisotopic (exact) mass is 507 g/mol. The maximum atomic E-state index is 11.0. The first-order valence-corrected chi connectivity index (χ1v) is 13.7. The van der Waals surface area contributed by atoms with Gasteiger partial charge < -0.3 is 19.7 Å².